The van der Waals surface area contributed by atoms with Crippen LogP contribution in [0.15, 0.2) is 42.8 Å². The number of anilines is 1. The highest BCUT2D eigenvalue weighted by molar-refractivity contribution is 7.16. The van der Waals surface area contributed by atoms with E-state index in [2.05, 4.69) is 48.7 Å². The van der Waals surface area contributed by atoms with Gasteiger partial charge in [0.2, 0.25) is 0 Å². The first-order valence-corrected chi connectivity index (χ1v) is 10.7. The second-order valence-corrected chi connectivity index (χ2v) is 9.15. The average molecular weight is 423 g/mol. The van der Waals surface area contributed by atoms with Gasteiger partial charge in [-0.15, -0.1) is 22.7 Å². The van der Waals surface area contributed by atoms with Crippen LogP contribution in [0.25, 0.3) is 0 Å². The number of allylic oxidation sites excluding steroid dienone is 2. The van der Waals surface area contributed by atoms with E-state index in [-0.39, 0.29) is 5.92 Å². The quantitative estimate of drug-likeness (QED) is 0.448. The van der Waals surface area contributed by atoms with Gasteiger partial charge in [0.05, 0.1) is 6.54 Å². The van der Waals surface area contributed by atoms with Crippen LogP contribution in [0.4, 0.5) is 5.13 Å². The molecule has 0 radical (unpaired) electrons. The van der Waals surface area contributed by atoms with Crippen LogP contribution in [-0.4, -0.2) is 12.0 Å². The molecule has 0 aliphatic rings. The van der Waals surface area contributed by atoms with Crippen molar-refractivity contribution < 1.29 is 0 Å². The second kappa shape index (κ2) is 9.97. The summed E-state index contributed by atoms with van der Waals surface area (Å²) in [4.78, 5) is 8.11. The molecule has 0 spiro atoms. The molecular weight excluding hydrogens is 396 g/mol. The van der Waals surface area contributed by atoms with Gasteiger partial charge in [-0.05, 0) is 38.1 Å². The van der Waals surface area contributed by atoms with Crippen molar-refractivity contribution in [1.82, 2.24) is 10.3 Å². The third kappa shape index (κ3) is 5.86. The highest BCUT2D eigenvalue weighted by Gasteiger charge is 2.18. The molecule has 0 amide bonds. The van der Waals surface area contributed by atoms with E-state index >= 15 is 0 Å². The van der Waals surface area contributed by atoms with Crippen molar-refractivity contribution in [3.05, 3.63) is 68.1 Å². The molecule has 0 fully saturated rings. The minimum atomic E-state index is 0.0986. The van der Waals surface area contributed by atoms with E-state index in [4.69, 9.17) is 17.3 Å². The Morgan fingerprint density at radius 1 is 1.37 bits per heavy atom. The van der Waals surface area contributed by atoms with Crippen LogP contribution in [0.1, 0.15) is 26.6 Å². The topological polar surface area (TPSA) is 63.0 Å². The lowest BCUT2D eigenvalue weighted by molar-refractivity contribution is 0.660. The third-order valence-corrected chi connectivity index (χ3v) is 7.00. The summed E-state index contributed by atoms with van der Waals surface area (Å²) in [5, 5.41) is 7.86. The summed E-state index contributed by atoms with van der Waals surface area (Å²) in [5.74, 6) is 0.0986. The van der Waals surface area contributed by atoms with Crippen LogP contribution in [0, 0.1) is 19.8 Å². The second-order valence-electron chi connectivity index (χ2n) is 6.37. The lowest BCUT2D eigenvalue weighted by Gasteiger charge is -2.20. The Kier molecular flexibility index (Phi) is 7.95. The van der Waals surface area contributed by atoms with Crippen molar-refractivity contribution in [1.29, 1.82) is 0 Å². The Labute approximate surface area is 174 Å². The number of nitrogens with zero attached hydrogens (tertiary/aromatic N) is 1. The van der Waals surface area contributed by atoms with Gasteiger partial charge in [0.15, 0.2) is 5.13 Å². The molecule has 7 heteroatoms. The number of thiazole rings is 1. The molecule has 1 atom stereocenters. The van der Waals surface area contributed by atoms with E-state index in [1.807, 2.05) is 13.1 Å². The van der Waals surface area contributed by atoms with Crippen LogP contribution in [0.5, 0.6) is 0 Å². The molecular formula is C20H27ClN4S2. The number of rotatable bonds is 10. The Morgan fingerprint density at radius 2 is 2.11 bits per heavy atom. The first-order chi connectivity index (χ1) is 12.8. The number of nitrogens with two attached hydrogens (primary N) is 1. The zero-order chi connectivity index (χ0) is 20.0. The fourth-order valence-electron chi connectivity index (χ4n) is 2.69. The first-order valence-electron chi connectivity index (χ1n) is 8.71. The maximum Gasteiger partial charge on any atom is 0.184 e. The van der Waals surface area contributed by atoms with Crippen molar-refractivity contribution in [3.63, 3.8) is 0 Å². The normalized spacial score (nSPS) is 12.3. The lowest BCUT2D eigenvalue weighted by atomic mass is 9.91. The van der Waals surface area contributed by atoms with Gasteiger partial charge in [-0.3, -0.25) is 0 Å². The van der Waals surface area contributed by atoms with Gasteiger partial charge < -0.3 is 16.4 Å². The molecule has 4 nitrogen and oxygen atoms in total. The van der Waals surface area contributed by atoms with Gasteiger partial charge in [0.25, 0.3) is 0 Å². The van der Waals surface area contributed by atoms with Crippen LogP contribution in [-0.2, 0) is 13.0 Å². The summed E-state index contributed by atoms with van der Waals surface area (Å²) in [5.41, 5.74) is 8.77. The number of hydrogen-bond donors (Lipinski definition) is 3. The van der Waals surface area contributed by atoms with E-state index in [0.717, 1.165) is 34.2 Å². The largest absolute Gasteiger partial charge is 0.405 e. The van der Waals surface area contributed by atoms with Gasteiger partial charge in [-0.1, -0.05) is 36.4 Å². The summed E-state index contributed by atoms with van der Waals surface area (Å²) >= 11 is 9.75. The minimum absolute atomic E-state index is 0.0986. The number of aryl methyl sites for hydroxylation is 2. The van der Waals surface area contributed by atoms with Gasteiger partial charge >= 0.3 is 0 Å². The van der Waals surface area contributed by atoms with Crippen LogP contribution in [0.3, 0.4) is 0 Å². The maximum atomic E-state index is 6.37. The average Bonchev–Trinajstić information content (AvgIpc) is 3.14. The molecule has 0 aliphatic heterocycles. The van der Waals surface area contributed by atoms with Gasteiger partial charge in [-0.2, -0.15) is 0 Å². The maximum absolute atomic E-state index is 6.37. The summed E-state index contributed by atoms with van der Waals surface area (Å²) < 4.78 is 0. The standard InChI is InChI=1S/C20H27ClN4S2/c1-12-9-16(26-15(12)4)11-24-20-25-19(21)18(27-20)10-13(2)17(7-6-8-22)14(3)23-5/h6,8-9,17,23H,2-3,7,10-11,22H2,1,4-5H3,(H,24,25)/b8-6-/t17-/m0/s1. The highest BCUT2D eigenvalue weighted by Crippen LogP contribution is 2.33. The molecule has 0 unspecified atom stereocenters. The molecule has 0 saturated heterocycles. The van der Waals surface area contributed by atoms with E-state index in [0.29, 0.717) is 11.6 Å². The molecule has 4 N–H and O–H groups in total. The predicted molar refractivity (Wildman–Crippen MR) is 121 cm³/mol. The fourth-order valence-corrected chi connectivity index (χ4v) is 4.90. The van der Waals surface area contributed by atoms with Crippen molar-refractivity contribution in [3.8, 4) is 0 Å². The molecule has 0 bridgehead atoms. The van der Waals surface area contributed by atoms with Gasteiger partial charge in [-0.25, -0.2) is 4.98 Å². The molecule has 0 saturated carbocycles. The number of halogens is 1. The molecule has 2 heterocycles. The number of aromatic nitrogens is 1. The SMILES string of the molecule is C=C(Cc1sc(NCc2cc(C)c(C)s2)nc1Cl)[C@H](C/C=C\N)C(=C)NC. The van der Waals surface area contributed by atoms with Gasteiger partial charge in [0, 0.05) is 39.7 Å². The highest BCUT2D eigenvalue weighted by atomic mass is 35.5. The van der Waals surface area contributed by atoms with Crippen molar-refractivity contribution >= 4 is 39.4 Å². The summed E-state index contributed by atoms with van der Waals surface area (Å²) in [6.45, 7) is 13.4. The van der Waals surface area contributed by atoms with Crippen LogP contribution < -0.4 is 16.4 Å². The monoisotopic (exact) mass is 422 g/mol. The zero-order valence-corrected chi connectivity index (χ0v) is 18.5. The van der Waals surface area contributed by atoms with Crippen molar-refractivity contribution in [2.24, 2.45) is 11.7 Å². The predicted octanol–water partition coefficient (Wildman–Crippen LogP) is 5.40. The number of hydrogen-bond acceptors (Lipinski definition) is 6. The molecule has 2 aromatic heterocycles. The van der Waals surface area contributed by atoms with Crippen molar-refractivity contribution in [2.75, 3.05) is 12.4 Å². The number of thiophene rings is 1. The van der Waals surface area contributed by atoms with Crippen LogP contribution in [0.2, 0.25) is 5.15 Å². The minimum Gasteiger partial charge on any atom is -0.405 e. The van der Waals surface area contributed by atoms with E-state index in [1.165, 1.54) is 15.3 Å². The molecule has 0 aliphatic carbocycles. The van der Waals surface area contributed by atoms with E-state index < -0.39 is 0 Å². The zero-order valence-electron chi connectivity index (χ0n) is 16.1. The Hall–Kier alpha value is -1.76. The van der Waals surface area contributed by atoms with Crippen molar-refractivity contribution in [2.45, 2.75) is 33.2 Å². The molecule has 27 heavy (non-hydrogen) atoms. The smallest absolute Gasteiger partial charge is 0.184 e. The molecule has 0 aromatic carbocycles. The Bertz CT molecular complexity index is 816. The Balaban J connectivity index is 2.03. The Morgan fingerprint density at radius 3 is 2.70 bits per heavy atom. The summed E-state index contributed by atoms with van der Waals surface area (Å²) in [6.07, 6.45) is 4.90. The number of nitrogens with one attached hydrogen (secondary N) is 2. The van der Waals surface area contributed by atoms with E-state index in [1.54, 1.807) is 28.9 Å². The first kappa shape index (κ1) is 21.5. The lowest BCUT2D eigenvalue weighted by Crippen LogP contribution is -2.17. The fraction of sp³-hybridized carbons (Fsp3) is 0.350. The third-order valence-electron chi connectivity index (χ3n) is 4.41. The molecule has 2 rings (SSSR count). The van der Waals surface area contributed by atoms with E-state index in [9.17, 15) is 0 Å². The molecule has 146 valence electrons. The summed E-state index contributed by atoms with van der Waals surface area (Å²) in [7, 11) is 1.87. The van der Waals surface area contributed by atoms with Gasteiger partial charge in [0.1, 0.15) is 5.15 Å². The molecule has 2 aromatic rings. The van der Waals surface area contributed by atoms with Crippen LogP contribution >= 0.6 is 34.3 Å². The summed E-state index contributed by atoms with van der Waals surface area (Å²) in [6, 6.07) is 2.21.